The number of nitrogen functional groups attached to an aromatic ring is 1. The summed E-state index contributed by atoms with van der Waals surface area (Å²) in [5, 5.41) is 73.2. The van der Waals surface area contributed by atoms with Gasteiger partial charge in [-0.25, -0.2) is 48.7 Å². The number of nitrogens with two attached hydrogens (primary N) is 1. The van der Waals surface area contributed by atoms with E-state index in [1.165, 1.54) is 84.9 Å². The molecule has 9 N–H and O–H groups in total. The van der Waals surface area contributed by atoms with Crippen molar-refractivity contribution in [1.29, 1.82) is 0 Å². The molecule has 0 spiro atoms. The number of ether oxygens (including phenoxy) is 2. The molecule has 14 aromatic heterocycles. The van der Waals surface area contributed by atoms with Crippen LogP contribution in [0.25, 0.3) is 27.4 Å². The molecule has 1 saturated carbocycles. The second kappa shape index (κ2) is 47.1. The Bertz CT molecular complexity index is 7370. The van der Waals surface area contributed by atoms with Crippen LogP contribution < -0.4 is 57.3 Å². The molecule has 1 saturated heterocycles. The molecule has 44 nitrogen and oxygen atoms in total. The van der Waals surface area contributed by atoms with E-state index < -0.39 is 5.82 Å². The van der Waals surface area contributed by atoms with Crippen LogP contribution in [0.15, 0.2) is 262 Å². The molecular formula is C90H82F2N38O6S5. The summed E-state index contributed by atoms with van der Waals surface area (Å²) in [7, 11) is 3.39. The third kappa shape index (κ3) is 26.4. The molecule has 0 bridgehead atoms. The molecule has 712 valence electrons. The summed E-state index contributed by atoms with van der Waals surface area (Å²) in [6, 6.07) is 46.0. The second-order valence-corrected chi connectivity index (χ2v) is 34.2. The number of nitrogens with zero attached hydrogens (tertiary/aromatic N) is 30. The third-order valence-electron chi connectivity index (χ3n) is 20.2. The van der Waals surface area contributed by atoms with Gasteiger partial charge in [0, 0.05) is 82.9 Å². The number of imidazole rings is 1. The van der Waals surface area contributed by atoms with Crippen molar-refractivity contribution >= 4 is 156 Å². The number of oxazole rings is 2. The van der Waals surface area contributed by atoms with Crippen LogP contribution in [0.2, 0.25) is 0 Å². The topological polar surface area (TPSA) is 550 Å². The SMILES string of the molecule is CCc1ocnc1Nc1nc(Cc2ccccc2)nnc1C.COc1cccc(Oc2nnc(C3CC3)c(Nc3cscn3)n2)c1.Cc1nnc(N(C)c2ccc(F)cc2)nc1Nc1ncoc1C.Nc1nnc(-c2ccccc2F)nc1Nc1ncon1.c1ccc(Sc2nnc(-n3ccnc3)c(Nc3ncon3)n2)cc1.c1nc(Nc2nc(Sc3ccc4ncsc4c3)ncc2C2CCCCN2)ns1. The first kappa shape index (κ1) is 95.7. The van der Waals surface area contributed by atoms with Gasteiger partial charge >= 0.3 is 6.01 Å². The van der Waals surface area contributed by atoms with Crippen molar-refractivity contribution in [2.45, 2.75) is 105 Å². The molecular weight excluding hydrogens is 1910 g/mol. The van der Waals surface area contributed by atoms with E-state index in [0.29, 0.717) is 104 Å². The molecule has 1 unspecified atom stereocenters. The summed E-state index contributed by atoms with van der Waals surface area (Å²) in [5.74, 6) is 10.3. The second-order valence-electron chi connectivity index (χ2n) is 30.0. The van der Waals surface area contributed by atoms with Gasteiger partial charge < -0.3 is 75.2 Å². The van der Waals surface area contributed by atoms with Crippen molar-refractivity contribution in [1.82, 2.24) is 150 Å². The number of thiazole rings is 2. The lowest BCUT2D eigenvalue weighted by Gasteiger charge is -2.25. The van der Waals surface area contributed by atoms with E-state index in [1.807, 2.05) is 116 Å². The molecule has 2 aliphatic rings. The van der Waals surface area contributed by atoms with Crippen LogP contribution in [-0.4, -0.2) is 166 Å². The minimum atomic E-state index is -0.454. The van der Waals surface area contributed by atoms with Gasteiger partial charge in [-0.1, -0.05) is 85.2 Å². The van der Waals surface area contributed by atoms with Crippen LogP contribution in [-0.2, 0) is 12.8 Å². The van der Waals surface area contributed by atoms with Crippen LogP contribution in [0.5, 0.6) is 17.5 Å². The van der Waals surface area contributed by atoms with Crippen molar-refractivity contribution < 1.29 is 36.1 Å². The van der Waals surface area contributed by atoms with Crippen molar-refractivity contribution in [3.05, 3.63) is 281 Å². The maximum Gasteiger partial charge on any atom is 0.343 e. The van der Waals surface area contributed by atoms with E-state index in [4.69, 9.17) is 33.5 Å². The Labute approximate surface area is 820 Å². The van der Waals surface area contributed by atoms with E-state index in [-0.39, 0.29) is 52.8 Å². The van der Waals surface area contributed by atoms with Gasteiger partial charge in [-0.3, -0.25) is 4.57 Å². The first-order chi connectivity index (χ1) is 69.1. The predicted molar refractivity (Wildman–Crippen MR) is 523 cm³/mol. The fourth-order valence-electron chi connectivity index (χ4n) is 13.0. The zero-order valence-electron chi connectivity index (χ0n) is 75.4. The zero-order chi connectivity index (χ0) is 97.0. The molecule has 0 amide bonds. The standard InChI is InChI=1S/C18H17N7S3.C16H15N5O2S.C16H17N5O.C15H15FN6O.C14H10N8OS.C11H8FN7O/c1-2-6-19-13(3-1)12-8-20-18(24-16(12)23-17-22-10-27-25-17)28-11-4-5-14-15(7-11)26-9-21-14;1-22-11-3-2-4-12(7-11)23-16-19-15(18-13-8-24-9-17-13)14(20-21-16)10-5-6-10;1-3-13-16(17-10-22-13)19-15-11(2)20-21-14(18-15)9-12-7-5-4-6-8-12;1-9-13(18-14-10(2)23-8-17-14)19-15(21-20-9)22(3)12-6-4-11(16)5-7-12;1-2-4-10(5-3-1)24-14-18-11(17-13-16-9-23-21-13)12(19-20-14)22-7-6-15-8-22;12-7-4-2-1-3-6(7)9-15-10(8(13)17-18-9)16-11-14-5-20-19-11/h4-5,7-10,13,19H,1-3,6H2,(H,20,23,24,25);2-4,7-10H,5-6H2,1H3,(H,18,19,21);4-8,10H,3,9H2,1-2H3,(H,18,19,21);4-8H,1-3H3,(H,18,19,21);1-9H,(H,17,18,20,21);1-5H,(H2,13,17)(H,15,16,18,19). The number of halogens is 2. The summed E-state index contributed by atoms with van der Waals surface area (Å²) in [6.07, 6.45) is 19.2. The Morgan fingerprint density at radius 2 is 1.33 bits per heavy atom. The Kier molecular flexibility index (Phi) is 32.0. The number of methoxy groups -OCH3 is 1. The lowest BCUT2D eigenvalue weighted by atomic mass is 9.99. The van der Waals surface area contributed by atoms with Crippen molar-refractivity contribution in [2.75, 3.05) is 63.2 Å². The molecule has 1 aliphatic carbocycles. The van der Waals surface area contributed by atoms with E-state index in [9.17, 15) is 8.78 Å². The van der Waals surface area contributed by atoms with Gasteiger partial charge in [-0.05, 0) is 183 Å². The average Bonchev–Trinajstić information content (AvgIpc) is 1.78. The predicted octanol–water partition coefficient (Wildman–Crippen LogP) is 18.3. The fraction of sp³-hybridized carbons (Fsp3) is 0.178. The van der Waals surface area contributed by atoms with Crippen LogP contribution in [0, 0.1) is 32.4 Å². The molecule has 22 rings (SSSR count). The van der Waals surface area contributed by atoms with E-state index in [2.05, 4.69) is 189 Å². The molecule has 51 heteroatoms. The highest BCUT2D eigenvalue weighted by atomic mass is 32.2. The number of hydrogen-bond donors (Lipinski definition) is 8. The molecule has 6 aromatic carbocycles. The Hall–Kier alpha value is -17.0. The average molecular weight is 1990 g/mol. The molecule has 2 fully saturated rings. The van der Waals surface area contributed by atoms with Gasteiger partial charge in [0.1, 0.15) is 75.2 Å². The summed E-state index contributed by atoms with van der Waals surface area (Å²) in [4.78, 5) is 68.1. The number of benzene rings is 6. The number of aryl methyl sites for hydroxylation is 4. The summed E-state index contributed by atoms with van der Waals surface area (Å²) in [5.41, 5.74) is 17.4. The largest absolute Gasteiger partial charge is 0.497 e. The Morgan fingerprint density at radius 1 is 0.582 bits per heavy atom. The van der Waals surface area contributed by atoms with Crippen LogP contribution in [0.4, 0.5) is 96.4 Å². The monoisotopic (exact) mass is 1990 g/mol. The smallest absolute Gasteiger partial charge is 0.343 e. The van der Waals surface area contributed by atoms with Gasteiger partial charge in [-0.15, -0.1) is 63.5 Å². The molecule has 1 atom stereocenters. The maximum atomic E-state index is 13.7. The number of anilines is 15. The molecule has 141 heavy (non-hydrogen) atoms. The molecule has 0 radical (unpaired) electrons. The minimum Gasteiger partial charge on any atom is -0.497 e. The summed E-state index contributed by atoms with van der Waals surface area (Å²) in [6.45, 7) is 8.48. The maximum absolute atomic E-state index is 13.7. The highest BCUT2D eigenvalue weighted by Gasteiger charge is 2.31. The summed E-state index contributed by atoms with van der Waals surface area (Å²) >= 11 is 7.42. The normalized spacial score (nSPS) is 12.4. The van der Waals surface area contributed by atoms with E-state index in [0.717, 1.165) is 104 Å². The van der Waals surface area contributed by atoms with Gasteiger partial charge in [0.15, 0.2) is 76.1 Å². The number of nitrogens with one attached hydrogen (secondary N) is 7. The lowest BCUT2D eigenvalue weighted by molar-refractivity contribution is 0.402. The number of aromatic nitrogens is 29. The number of rotatable bonds is 28. The van der Waals surface area contributed by atoms with Crippen molar-refractivity contribution in [3.8, 4) is 34.7 Å². The van der Waals surface area contributed by atoms with Gasteiger partial charge in [0.05, 0.1) is 33.9 Å². The lowest BCUT2D eigenvalue weighted by Crippen LogP contribution is -2.27. The number of fused-ring (bicyclic) bond motifs is 1. The Balaban J connectivity index is 0.000000117. The van der Waals surface area contributed by atoms with E-state index in [1.54, 1.807) is 127 Å². The van der Waals surface area contributed by atoms with Crippen molar-refractivity contribution in [2.24, 2.45) is 0 Å². The van der Waals surface area contributed by atoms with E-state index >= 15 is 0 Å². The summed E-state index contributed by atoms with van der Waals surface area (Å²) < 4.78 is 64.5. The Morgan fingerprint density at radius 3 is 2.05 bits per heavy atom. The fourth-order valence-corrected chi connectivity index (χ4v) is 16.1. The highest BCUT2D eigenvalue weighted by Crippen LogP contribution is 2.43. The number of hydrogen-bond acceptors (Lipinski definition) is 48. The first-order valence-corrected chi connectivity index (χ1v) is 47.3. The third-order valence-corrected chi connectivity index (χ3v) is 23.8. The zero-order valence-corrected chi connectivity index (χ0v) is 79.5. The van der Waals surface area contributed by atoms with Gasteiger partial charge in [0.2, 0.25) is 29.7 Å². The molecule has 1 aliphatic heterocycles. The minimum absolute atomic E-state index is 0.0369. The van der Waals surface area contributed by atoms with Crippen molar-refractivity contribution in [3.63, 3.8) is 0 Å². The van der Waals surface area contributed by atoms with Crippen LogP contribution in [0.3, 0.4) is 0 Å². The highest BCUT2D eigenvalue weighted by molar-refractivity contribution is 7.99. The van der Waals surface area contributed by atoms with Gasteiger partial charge in [-0.2, -0.15) is 44.4 Å². The molecule has 15 heterocycles. The quantitative estimate of drug-likeness (QED) is 0.0211. The first-order valence-electron chi connectivity index (χ1n) is 43.0. The van der Waals surface area contributed by atoms with Crippen LogP contribution in [0.1, 0.15) is 96.5 Å². The number of piperidine rings is 1. The molecule has 20 aromatic rings. The van der Waals surface area contributed by atoms with Crippen LogP contribution >= 0.6 is 57.7 Å². The van der Waals surface area contributed by atoms with Gasteiger partial charge in [0.25, 0.3) is 17.8 Å².